The van der Waals surface area contributed by atoms with Gasteiger partial charge in [-0.2, -0.15) is 4.31 Å². The molecule has 10 heteroatoms. The van der Waals surface area contributed by atoms with Crippen LogP contribution in [0.15, 0.2) is 53.4 Å². The normalized spacial score (nSPS) is 16.8. The van der Waals surface area contributed by atoms with Crippen LogP contribution in [-0.2, 0) is 19.6 Å². The van der Waals surface area contributed by atoms with Gasteiger partial charge in [-0.3, -0.25) is 4.79 Å². The van der Waals surface area contributed by atoms with Crippen molar-refractivity contribution >= 4 is 48.3 Å². The van der Waals surface area contributed by atoms with Crippen LogP contribution in [0.4, 0.5) is 5.00 Å². The molecule has 180 valence electrons. The fraction of sp³-hybridized carbons (Fsp3) is 0.333. The number of anilines is 1. The number of nitrogens with one attached hydrogen (secondary N) is 1. The first-order valence-electron chi connectivity index (χ1n) is 11.0. The van der Waals surface area contributed by atoms with Gasteiger partial charge in [-0.1, -0.05) is 18.2 Å². The predicted octanol–water partition coefficient (Wildman–Crippen LogP) is 4.13. The van der Waals surface area contributed by atoms with Crippen LogP contribution in [0.2, 0.25) is 0 Å². The lowest BCUT2D eigenvalue weighted by Gasteiger charge is -2.31. The van der Waals surface area contributed by atoms with Crippen molar-refractivity contribution in [3.8, 4) is 5.75 Å². The fourth-order valence-corrected chi connectivity index (χ4v) is 6.64. The summed E-state index contributed by atoms with van der Waals surface area (Å²) in [5.41, 5.74) is 0.328. The quantitative estimate of drug-likeness (QED) is 0.488. The van der Waals surface area contributed by atoms with Gasteiger partial charge in [0.15, 0.2) is 0 Å². The van der Waals surface area contributed by atoms with Crippen LogP contribution >= 0.6 is 11.3 Å². The van der Waals surface area contributed by atoms with E-state index in [0.717, 1.165) is 4.70 Å². The molecule has 1 aliphatic heterocycles. The first-order chi connectivity index (χ1) is 16.3. The number of nitrogens with zero attached hydrogens (tertiary/aromatic N) is 1. The zero-order valence-corrected chi connectivity index (χ0v) is 20.6. The highest BCUT2D eigenvalue weighted by Crippen LogP contribution is 2.37. The number of fused-ring (bicyclic) bond motifs is 1. The van der Waals surface area contributed by atoms with Crippen molar-refractivity contribution in [1.29, 1.82) is 0 Å². The summed E-state index contributed by atoms with van der Waals surface area (Å²) in [5.74, 6) is -0.785. The van der Waals surface area contributed by atoms with Crippen molar-refractivity contribution in [2.24, 2.45) is 5.92 Å². The number of carbonyl (C=O) groups excluding carboxylic acids is 2. The standard InChI is InChI=1S/C24H26N2O6S2/c1-3-32-24(28)21-19-8-4-5-9-20(19)33-23(21)25-22(27)16-7-6-14-26(15-16)34(29,30)18-12-10-17(31-2)11-13-18/h4-5,8-13,16H,3,6-7,14-15H2,1-2H3,(H,25,27). The van der Waals surface area contributed by atoms with Gasteiger partial charge in [0.25, 0.3) is 0 Å². The predicted molar refractivity (Wildman–Crippen MR) is 131 cm³/mol. The molecule has 0 aliphatic carbocycles. The van der Waals surface area contributed by atoms with Crippen LogP contribution in [0.25, 0.3) is 10.1 Å². The van der Waals surface area contributed by atoms with Gasteiger partial charge < -0.3 is 14.8 Å². The molecular formula is C24H26N2O6S2. The average Bonchev–Trinajstić information content (AvgIpc) is 3.22. The molecule has 1 N–H and O–H groups in total. The molecule has 2 aromatic carbocycles. The third kappa shape index (κ3) is 4.79. The number of esters is 1. The van der Waals surface area contributed by atoms with Crippen LogP contribution in [0.1, 0.15) is 30.1 Å². The maximum absolute atomic E-state index is 13.2. The Kier molecular flexibility index (Phi) is 7.20. The number of piperidine rings is 1. The summed E-state index contributed by atoms with van der Waals surface area (Å²) in [6.07, 6.45) is 1.12. The molecule has 2 heterocycles. The monoisotopic (exact) mass is 502 g/mol. The van der Waals surface area contributed by atoms with E-state index in [4.69, 9.17) is 9.47 Å². The minimum atomic E-state index is -3.75. The van der Waals surface area contributed by atoms with Crippen LogP contribution in [-0.4, -0.2) is 51.4 Å². The number of amides is 1. The van der Waals surface area contributed by atoms with E-state index < -0.39 is 21.9 Å². The van der Waals surface area contributed by atoms with Crippen molar-refractivity contribution in [1.82, 2.24) is 4.31 Å². The van der Waals surface area contributed by atoms with Gasteiger partial charge in [0, 0.05) is 23.2 Å². The lowest BCUT2D eigenvalue weighted by molar-refractivity contribution is -0.120. The highest BCUT2D eigenvalue weighted by Gasteiger charge is 2.34. The Hall–Kier alpha value is -2.95. The van der Waals surface area contributed by atoms with Gasteiger partial charge in [-0.25, -0.2) is 13.2 Å². The zero-order valence-electron chi connectivity index (χ0n) is 18.9. The number of rotatable bonds is 7. The lowest BCUT2D eigenvalue weighted by atomic mass is 9.99. The zero-order chi connectivity index (χ0) is 24.3. The van der Waals surface area contributed by atoms with E-state index in [1.807, 2.05) is 24.3 Å². The average molecular weight is 503 g/mol. The molecular weight excluding hydrogens is 476 g/mol. The smallest absolute Gasteiger partial charge is 0.341 e. The molecule has 8 nitrogen and oxygen atoms in total. The van der Waals surface area contributed by atoms with E-state index in [2.05, 4.69) is 5.32 Å². The highest BCUT2D eigenvalue weighted by atomic mass is 32.2. The summed E-state index contributed by atoms with van der Waals surface area (Å²) in [5, 5.41) is 4.01. The number of methoxy groups -OCH3 is 1. The minimum absolute atomic E-state index is 0.0693. The molecule has 34 heavy (non-hydrogen) atoms. The molecule has 1 aliphatic rings. The van der Waals surface area contributed by atoms with Crippen molar-refractivity contribution < 1.29 is 27.5 Å². The van der Waals surface area contributed by atoms with Gasteiger partial charge in [-0.15, -0.1) is 11.3 Å². The Morgan fingerprint density at radius 3 is 2.59 bits per heavy atom. The summed E-state index contributed by atoms with van der Waals surface area (Å²) in [6.45, 7) is 2.36. The van der Waals surface area contributed by atoms with E-state index in [0.29, 0.717) is 41.1 Å². The first kappa shape index (κ1) is 24.2. The molecule has 0 radical (unpaired) electrons. The van der Waals surface area contributed by atoms with Crippen LogP contribution in [0, 0.1) is 5.92 Å². The SMILES string of the molecule is CCOC(=O)c1c(NC(=O)C2CCCN(S(=O)(=O)c3ccc(OC)cc3)C2)sc2ccccc12. The second-order valence-corrected chi connectivity index (χ2v) is 10.9. The van der Waals surface area contributed by atoms with Crippen LogP contribution < -0.4 is 10.1 Å². The second kappa shape index (κ2) is 10.1. The third-order valence-corrected chi connectivity index (χ3v) is 8.73. The molecule has 1 aromatic heterocycles. The van der Waals surface area contributed by atoms with Gasteiger partial charge in [0.05, 0.1) is 24.5 Å². The largest absolute Gasteiger partial charge is 0.497 e. The summed E-state index contributed by atoms with van der Waals surface area (Å²) in [7, 11) is -2.23. The number of sulfonamides is 1. The first-order valence-corrected chi connectivity index (χ1v) is 13.2. The Morgan fingerprint density at radius 1 is 1.15 bits per heavy atom. The van der Waals surface area contributed by atoms with Crippen LogP contribution in [0.5, 0.6) is 5.75 Å². The molecule has 1 amide bonds. The van der Waals surface area contributed by atoms with Crippen molar-refractivity contribution in [2.75, 3.05) is 32.1 Å². The van der Waals surface area contributed by atoms with Gasteiger partial charge >= 0.3 is 5.97 Å². The molecule has 1 atom stereocenters. The Labute approximate surface area is 202 Å². The third-order valence-electron chi connectivity index (χ3n) is 5.76. The molecule has 0 saturated carbocycles. The molecule has 3 aromatic rings. The summed E-state index contributed by atoms with van der Waals surface area (Å²) >= 11 is 1.30. The number of benzene rings is 2. The highest BCUT2D eigenvalue weighted by molar-refractivity contribution is 7.89. The molecule has 1 unspecified atom stereocenters. The van der Waals surface area contributed by atoms with Crippen molar-refractivity contribution in [2.45, 2.75) is 24.7 Å². The number of ether oxygens (including phenoxy) is 2. The van der Waals surface area contributed by atoms with E-state index in [9.17, 15) is 18.0 Å². The Bertz CT molecular complexity index is 1300. The van der Waals surface area contributed by atoms with Gasteiger partial charge in [0.1, 0.15) is 16.3 Å². The summed E-state index contributed by atoms with van der Waals surface area (Å²) in [4.78, 5) is 26.0. The maximum Gasteiger partial charge on any atom is 0.341 e. The summed E-state index contributed by atoms with van der Waals surface area (Å²) in [6, 6.07) is 13.6. The van der Waals surface area contributed by atoms with E-state index >= 15 is 0 Å². The summed E-state index contributed by atoms with van der Waals surface area (Å²) < 4.78 is 38.8. The number of thiophene rings is 1. The molecule has 0 bridgehead atoms. The number of carbonyl (C=O) groups is 2. The molecule has 4 rings (SSSR count). The Balaban J connectivity index is 1.54. The van der Waals surface area contributed by atoms with Gasteiger partial charge in [-0.05, 0) is 50.1 Å². The van der Waals surface area contributed by atoms with Crippen molar-refractivity contribution in [3.05, 3.63) is 54.1 Å². The van der Waals surface area contributed by atoms with E-state index in [1.54, 1.807) is 19.1 Å². The van der Waals surface area contributed by atoms with E-state index in [1.165, 1.54) is 34.9 Å². The Morgan fingerprint density at radius 2 is 1.88 bits per heavy atom. The second-order valence-electron chi connectivity index (χ2n) is 7.89. The molecule has 1 saturated heterocycles. The number of hydrogen-bond acceptors (Lipinski definition) is 7. The fourth-order valence-electron chi connectivity index (χ4n) is 4.02. The van der Waals surface area contributed by atoms with E-state index in [-0.39, 0.29) is 24.0 Å². The molecule has 1 fully saturated rings. The van der Waals surface area contributed by atoms with Gasteiger partial charge in [0.2, 0.25) is 15.9 Å². The van der Waals surface area contributed by atoms with Crippen LogP contribution in [0.3, 0.4) is 0 Å². The lowest BCUT2D eigenvalue weighted by Crippen LogP contribution is -2.43. The van der Waals surface area contributed by atoms with Crippen molar-refractivity contribution in [3.63, 3.8) is 0 Å². The number of hydrogen-bond donors (Lipinski definition) is 1. The molecule has 0 spiro atoms. The minimum Gasteiger partial charge on any atom is -0.497 e. The maximum atomic E-state index is 13.2. The topological polar surface area (TPSA) is 102 Å².